The summed E-state index contributed by atoms with van der Waals surface area (Å²) in [6, 6.07) is 5.66. The lowest BCUT2D eigenvalue weighted by Gasteiger charge is -2.27. The maximum Gasteiger partial charge on any atom is 0.416 e. The number of nitrogens with one attached hydrogen (secondary N) is 1. The van der Waals surface area contributed by atoms with E-state index in [0.717, 1.165) is 37.3 Å². The molecular weight excluding hydrogens is 263 g/mol. The fraction of sp³-hybridized carbons (Fsp3) is 0.625. The Kier molecular flexibility index (Phi) is 6.53. The first-order valence-corrected chi connectivity index (χ1v) is 7.28. The van der Waals surface area contributed by atoms with Crippen molar-refractivity contribution < 1.29 is 13.2 Å². The predicted octanol–water partition coefficient (Wildman–Crippen LogP) is 5.18. The van der Waals surface area contributed by atoms with Crippen molar-refractivity contribution in [2.75, 3.05) is 7.05 Å². The minimum Gasteiger partial charge on any atom is -0.313 e. The van der Waals surface area contributed by atoms with Crippen molar-refractivity contribution in [3.8, 4) is 0 Å². The van der Waals surface area contributed by atoms with Crippen LogP contribution in [0, 0.1) is 5.92 Å². The lowest BCUT2D eigenvalue weighted by Crippen LogP contribution is -2.25. The van der Waals surface area contributed by atoms with Gasteiger partial charge in [-0.25, -0.2) is 0 Å². The second-order valence-electron chi connectivity index (χ2n) is 5.20. The van der Waals surface area contributed by atoms with Crippen molar-refractivity contribution in [1.29, 1.82) is 0 Å². The molecule has 0 heterocycles. The highest BCUT2D eigenvalue weighted by atomic mass is 19.4. The van der Waals surface area contributed by atoms with Gasteiger partial charge in [-0.2, -0.15) is 13.2 Å². The van der Waals surface area contributed by atoms with Gasteiger partial charge in [0.25, 0.3) is 0 Å². The average Bonchev–Trinajstić information content (AvgIpc) is 2.42. The third kappa shape index (κ3) is 4.51. The van der Waals surface area contributed by atoms with E-state index in [9.17, 15) is 13.2 Å². The Hall–Kier alpha value is -1.03. The van der Waals surface area contributed by atoms with Crippen LogP contribution in [-0.4, -0.2) is 7.05 Å². The summed E-state index contributed by atoms with van der Waals surface area (Å²) in [5, 5.41) is 3.19. The van der Waals surface area contributed by atoms with Gasteiger partial charge in [0.05, 0.1) is 5.56 Å². The lowest BCUT2D eigenvalue weighted by atomic mass is 9.86. The van der Waals surface area contributed by atoms with Gasteiger partial charge in [0.1, 0.15) is 0 Å². The summed E-state index contributed by atoms with van der Waals surface area (Å²) < 4.78 is 38.4. The van der Waals surface area contributed by atoms with E-state index in [0.29, 0.717) is 5.92 Å². The van der Waals surface area contributed by atoms with Crippen LogP contribution in [0.2, 0.25) is 0 Å². The quantitative estimate of drug-likeness (QED) is 0.728. The Morgan fingerprint density at radius 1 is 1.20 bits per heavy atom. The van der Waals surface area contributed by atoms with Gasteiger partial charge >= 0.3 is 6.18 Å². The Bertz CT molecular complexity index is 401. The first kappa shape index (κ1) is 17.0. The molecule has 1 rings (SSSR count). The molecule has 1 N–H and O–H groups in total. The van der Waals surface area contributed by atoms with Crippen LogP contribution in [0.3, 0.4) is 0 Å². The number of hydrogen-bond donors (Lipinski definition) is 1. The van der Waals surface area contributed by atoms with E-state index in [2.05, 4.69) is 19.2 Å². The maximum absolute atomic E-state index is 12.8. The van der Waals surface area contributed by atoms with Gasteiger partial charge in [0.2, 0.25) is 0 Å². The van der Waals surface area contributed by atoms with Crippen LogP contribution in [0.5, 0.6) is 0 Å². The highest BCUT2D eigenvalue weighted by Gasteiger charge is 2.31. The number of hydrogen-bond acceptors (Lipinski definition) is 1. The van der Waals surface area contributed by atoms with Crippen LogP contribution in [0.15, 0.2) is 24.3 Å². The van der Waals surface area contributed by atoms with E-state index < -0.39 is 11.7 Å². The fourth-order valence-corrected chi connectivity index (χ4v) is 2.66. The summed E-state index contributed by atoms with van der Waals surface area (Å²) in [5.74, 6) is 0.364. The Morgan fingerprint density at radius 2 is 1.90 bits per heavy atom. The standard InChI is InChI=1S/C16H24F3N/c1-4-6-8-12(5-2)15(20-3)13-9-7-10-14(11-13)16(17,18)19/h7,9-12,15,20H,4-6,8H2,1-3H3. The summed E-state index contributed by atoms with van der Waals surface area (Å²) in [7, 11) is 1.82. The second-order valence-corrected chi connectivity index (χ2v) is 5.20. The van der Waals surface area contributed by atoms with Crippen LogP contribution >= 0.6 is 0 Å². The molecule has 0 aliphatic carbocycles. The van der Waals surface area contributed by atoms with Crippen molar-refractivity contribution in [2.45, 2.75) is 51.7 Å². The van der Waals surface area contributed by atoms with Crippen LogP contribution in [0.4, 0.5) is 13.2 Å². The van der Waals surface area contributed by atoms with Gasteiger partial charge in [0, 0.05) is 6.04 Å². The SMILES string of the molecule is CCCCC(CC)C(NC)c1cccc(C(F)(F)F)c1. The van der Waals surface area contributed by atoms with E-state index in [4.69, 9.17) is 0 Å². The second kappa shape index (κ2) is 7.67. The van der Waals surface area contributed by atoms with E-state index >= 15 is 0 Å². The number of halogens is 3. The molecule has 0 saturated carbocycles. The zero-order chi connectivity index (χ0) is 15.2. The van der Waals surface area contributed by atoms with Crippen molar-refractivity contribution in [3.05, 3.63) is 35.4 Å². The largest absolute Gasteiger partial charge is 0.416 e. The minimum absolute atomic E-state index is 0.0196. The monoisotopic (exact) mass is 287 g/mol. The maximum atomic E-state index is 12.8. The molecule has 0 fully saturated rings. The number of alkyl halides is 3. The Labute approximate surface area is 119 Å². The molecule has 0 radical (unpaired) electrons. The third-order valence-corrected chi connectivity index (χ3v) is 3.81. The molecule has 4 heteroatoms. The molecule has 0 aliphatic rings. The average molecular weight is 287 g/mol. The molecule has 20 heavy (non-hydrogen) atoms. The Morgan fingerprint density at radius 3 is 2.40 bits per heavy atom. The van der Waals surface area contributed by atoms with Crippen molar-refractivity contribution >= 4 is 0 Å². The first-order valence-electron chi connectivity index (χ1n) is 7.28. The summed E-state index contributed by atoms with van der Waals surface area (Å²) >= 11 is 0. The third-order valence-electron chi connectivity index (χ3n) is 3.81. The molecule has 0 aliphatic heterocycles. The molecule has 2 unspecified atom stereocenters. The summed E-state index contributed by atoms with van der Waals surface area (Å²) in [4.78, 5) is 0. The van der Waals surface area contributed by atoms with Gasteiger partial charge in [-0.3, -0.25) is 0 Å². The fourth-order valence-electron chi connectivity index (χ4n) is 2.66. The van der Waals surface area contributed by atoms with E-state index in [1.807, 2.05) is 7.05 Å². The van der Waals surface area contributed by atoms with Crippen LogP contribution < -0.4 is 5.32 Å². The van der Waals surface area contributed by atoms with E-state index in [1.54, 1.807) is 6.07 Å². The van der Waals surface area contributed by atoms with Crippen molar-refractivity contribution in [3.63, 3.8) is 0 Å². The van der Waals surface area contributed by atoms with E-state index in [1.165, 1.54) is 12.1 Å². The molecule has 0 aromatic heterocycles. The highest BCUT2D eigenvalue weighted by molar-refractivity contribution is 5.28. The summed E-state index contributed by atoms with van der Waals surface area (Å²) in [6.07, 6.45) is -0.0683. The van der Waals surface area contributed by atoms with Gasteiger partial charge in [-0.05, 0) is 37.1 Å². The lowest BCUT2D eigenvalue weighted by molar-refractivity contribution is -0.137. The van der Waals surface area contributed by atoms with Crippen molar-refractivity contribution in [2.24, 2.45) is 5.92 Å². The van der Waals surface area contributed by atoms with Gasteiger partial charge in [0.15, 0.2) is 0 Å². The molecular formula is C16H24F3N. The summed E-state index contributed by atoms with van der Waals surface area (Å²) in [5.41, 5.74) is 0.158. The van der Waals surface area contributed by atoms with Crippen LogP contribution in [0.1, 0.15) is 56.7 Å². The van der Waals surface area contributed by atoms with Crippen molar-refractivity contribution in [1.82, 2.24) is 5.32 Å². The molecule has 1 aromatic rings. The number of unbranched alkanes of at least 4 members (excludes halogenated alkanes) is 1. The van der Waals surface area contributed by atoms with Crippen LogP contribution in [0.25, 0.3) is 0 Å². The minimum atomic E-state index is -4.28. The molecule has 1 aromatic carbocycles. The molecule has 0 bridgehead atoms. The van der Waals surface area contributed by atoms with Crippen LogP contribution in [-0.2, 0) is 6.18 Å². The molecule has 0 amide bonds. The predicted molar refractivity (Wildman–Crippen MR) is 76.6 cm³/mol. The molecule has 0 spiro atoms. The normalized spacial score (nSPS) is 15.1. The summed E-state index contributed by atoms with van der Waals surface area (Å²) in [6.45, 7) is 4.23. The van der Waals surface area contributed by atoms with E-state index in [-0.39, 0.29) is 6.04 Å². The first-order chi connectivity index (χ1) is 9.43. The topological polar surface area (TPSA) is 12.0 Å². The number of benzene rings is 1. The zero-order valence-electron chi connectivity index (χ0n) is 12.4. The molecule has 114 valence electrons. The van der Waals surface area contributed by atoms with Gasteiger partial charge in [-0.1, -0.05) is 45.2 Å². The Balaban J connectivity index is 2.99. The zero-order valence-corrected chi connectivity index (χ0v) is 12.4. The smallest absolute Gasteiger partial charge is 0.313 e. The van der Waals surface area contributed by atoms with Gasteiger partial charge < -0.3 is 5.32 Å². The molecule has 0 saturated heterocycles. The van der Waals surface area contributed by atoms with Gasteiger partial charge in [-0.15, -0.1) is 0 Å². The number of rotatable bonds is 7. The molecule has 2 atom stereocenters. The molecule has 1 nitrogen and oxygen atoms in total. The highest BCUT2D eigenvalue weighted by Crippen LogP contribution is 2.34.